The summed E-state index contributed by atoms with van der Waals surface area (Å²) in [5.74, 6) is -0.646. The molecule has 5 nitrogen and oxygen atoms in total. The van der Waals surface area contributed by atoms with Crippen LogP contribution in [0.5, 0.6) is 0 Å². The molecular formula is C22H25FN2O3. The van der Waals surface area contributed by atoms with Gasteiger partial charge in [-0.15, -0.1) is 0 Å². The average Bonchev–Trinajstić information content (AvgIpc) is 2.72. The Hall–Kier alpha value is -2.70. The van der Waals surface area contributed by atoms with Gasteiger partial charge in [0.25, 0.3) is 0 Å². The Bertz CT molecular complexity index is 847. The lowest BCUT2D eigenvalue weighted by molar-refractivity contribution is -0.117. The highest BCUT2D eigenvalue weighted by atomic mass is 19.1. The average molecular weight is 384 g/mol. The number of aliphatic hydroxyl groups excluding tert-OH is 1. The summed E-state index contributed by atoms with van der Waals surface area (Å²) in [5.41, 5.74) is 3.14. The van der Waals surface area contributed by atoms with Crippen molar-refractivity contribution in [3.8, 4) is 0 Å². The first-order valence-corrected chi connectivity index (χ1v) is 9.35. The molecule has 6 heteroatoms. The molecule has 1 amide bonds. The number of morpholine rings is 1. The van der Waals surface area contributed by atoms with Crippen LogP contribution in [0.2, 0.25) is 0 Å². The van der Waals surface area contributed by atoms with Gasteiger partial charge >= 0.3 is 0 Å². The van der Waals surface area contributed by atoms with Gasteiger partial charge in [0.2, 0.25) is 5.91 Å². The Morgan fingerprint density at radius 2 is 2.04 bits per heavy atom. The number of hydrogen-bond acceptors (Lipinski definition) is 4. The number of amides is 1. The molecule has 148 valence electrons. The van der Waals surface area contributed by atoms with Crippen LogP contribution in [0.1, 0.15) is 22.7 Å². The van der Waals surface area contributed by atoms with Gasteiger partial charge in [-0.2, -0.15) is 0 Å². The number of nitrogens with one attached hydrogen (secondary N) is 1. The summed E-state index contributed by atoms with van der Waals surface area (Å²) < 4.78 is 19.6. The van der Waals surface area contributed by atoms with E-state index in [4.69, 9.17) is 4.74 Å². The first-order valence-electron chi connectivity index (χ1n) is 9.35. The lowest BCUT2D eigenvalue weighted by Crippen LogP contribution is -2.37. The predicted molar refractivity (Wildman–Crippen MR) is 108 cm³/mol. The fraction of sp³-hybridized carbons (Fsp3) is 0.318. The molecule has 0 spiro atoms. The molecule has 28 heavy (non-hydrogen) atoms. The van der Waals surface area contributed by atoms with Crippen LogP contribution >= 0.6 is 0 Å². The third-order valence-corrected chi connectivity index (χ3v) is 4.83. The molecule has 0 saturated carbocycles. The van der Waals surface area contributed by atoms with Crippen LogP contribution in [0.25, 0.3) is 6.08 Å². The molecule has 1 aliphatic heterocycles. The molecule has 1 fully saturated rings. The van der Waals surface area contributed by atoms with Crippen LogP contribution in [-0.4, -0.2) is 43.9 Å². The summed E-state index contributed by atoms with van der Waals surface area (Å²) in [5, 5.41) is 12.5. The Balaban J connectivity index is 1.72. The lowest BCUT2D eigenvalue weighted by atomic mass is 10.1. The van der Waals surface area contributed by atoms with E-state index in [1.807, 2.05) is 36.1 Å². The van der Waals surface area contributed by atoms with E-state index < -0.39 is 6.04 Å². The van der Waals surface area contributed by atoms with Gasteiger partial charge in [0.15, 0.2) is 0 Å². The maximum Gasteiger partial charge on any atom is 0.244 e. The molecule has 1 heterocycles. The molecule has 1 unspecified atom stereocenters. The molecule has 3 rings (SSSR count). The van der Waals surface area contributed by atoms with Gasteiger partial charge in [-0.25, -0.2) is 4.39 Å². The number of ether oxygens (including phenoxy) is 1. The van der Waals surface area contributed by atoms with Crippen molar-refractivity contribution in [2.75, 3.05) is 37.8 Å². The van der Waals surface area contributed by atoms with Crippen LogP contribution in [-0.2, 0) is 9.53 Å². The van der Waals surface area contributed by atoms with E-state index in [0.717, 1.165) is 11.1 Å². The quantitative estimate of drug-likeness (QED) is 0.752. The van der Waals surface area contributed by atoms with Gasteiger partial charge in [0.05, 0.1) is 31.5 Å². The van der Waals surface area contributed by atoms with E-state index in [2.05, 4.69) is 5.32 Å². The van der Waals surface area contributed by atoms with E-state index in [1.54, 1.807) is 18.2 Å². The van der Waals surface area contributed by atoms with Gasteiger partial charge < -0.3 is 20.1 Å². The zero-order valence-electron chi connectivity index (χ0n) is 15.9. The molecule has 0 bridgehead atoms. The summed E-state index contributed by atoms with van der Waals surface area (Å²) >= 11 is 0. The maximum atomic E-state index is 14.3. The topological polar surface area (TPSA) is 61.8 Å². The van der Waals surface area contributed by atoms with Crippen LogP contribution in [0.15, 0.2) is 48.5 Å². The van der Waals surface area contributed by atoms with Crippen LogP contribution in [0, 0.1) is 12.7 Å². The van der Waals surface area contributed by atoms with Crippen molar-refractivity contribution < 1.29 is 19.0 Å². The number of aryl methyl sites for hydroxylation is 1. The van der Waals surface area contributed by atoms with Crippen molar-refractivity contribution in [2.45, 2.75) is 13.0 Å². The zero-order chi connectivity index (χ0) is 19.9. The maximum absolute atomic E-state index is 14.3. The summed E-state index contributed by atoms with van der Waals surface area (Å²) in [6, 6.07) is 11.8. The number of carbonyl (C=O) groups is 1. The number of halogens is 1. The predicted octanol–water partition coefficient (Wildman–Crippen LogP) is 2.83. The van der Waals surface area contributed by atoms with Crippen LogP contribution in [0.3, 0.4) is 0 Å². The number of anilines is 1. The van der Waals surface area contributed by atoms with Gasteiger partial charge in [-0.05, 0) is 41.8 Å². The van der Waals surface area contributed by atoms with E-state index in [-0.39, 0.29) is 18.3 Å². The second kappa shape index (κ2) is 9.48. The Morgan fingerprint density at radius 3 is 2.75 bits per heavy atom. The largest absolute Gasteiger partial charge is 0.394 e. The second-order valence-electron chi connectivity index (χ2n) is 6.74. The molecule has 1 saturated heterocycles. The molecule has 2 N–H and O–H groups in total. The molecule has 2 aromatic rings. The molecule has 0 aromatic heterocycles. The Kier molecular flexibility index (Phi) is 6.79. The minimum absolute atomic E-state index is 0.280. The highest BCUT2D eigenvalue weighted by Crippen LogP contribution is 2.25. The van der Waals surface area contributed by atoms with E-state index in [0.29, 0.717) is 37.6 Å². The number of carbonyl (C=O) groups excluding carboxylic acids is 1. The third kappa shape index (κ3) is 4.97. The Morgan fingerprint density at radius 1 is 1.29 bits per heavy atom. The summed E-state index contributed by atoms with van der Waals surface area (Å²) in [6.07, 6.45) is 3.18. The fourth-order valence-corrected chi connectivity index (χ4v) is 3.19. The van der Waals surface area contributed by atoms with Gasteiger partial charge in [-0.1, -0.05) is 30.3 Å². The molecule has 1 aliphatic rings. The minimum atomic E-state index is -0.616. The number of benzene rings is 2. The number of aliphatic hydroxyl groups is 1. The van der Waals surface area contributed by atoms with Crippen molar-refractivity contribution in [1.82, 2.24) is 5.32 Å². The van der Waals surface area contributed by atoms with Crippen molar-refractivity contribution in [3.05, 3.63) is 71.0 Å². The van der Waals surface area contributed by atoms with Gasteiger partial charge in [-0.3, -0.25) is 4.79 Å². The van der Waals surface area contributed by atoms with E-state index >= 15 is 0 Å². The molecular weight excluding hydrogens is 359 g/mol. The zero-order valence-corrected chi connectivity index (χ0v) is 15.9. The molecule has 0 radical (unpaired) electrons. The molecule has 2 aromatic carbocycles. The first-order chi connectivity index (χ1) is 13.6. The normalized spacial score (nSPS) is 15.6. The SMILES string of the molecule is Cc1ccccc1/C=C/C(=O)NC(CO)c1ccc(F)c(N2CCOCC2)c1. The number of hydrogen-bond donors (Lipinski definition) is 2. The molecule has 0 aliphatic carbocycles. The number of nitrogens with zero attached hydrogens (tertiary/aromatic N) is 1. The smallest absolute Gasteiger partial charge is 0.244 e. The van der Waals surface area contributed by atoms with Gasteiger partial charge in [0, 0.05) is 19.2 Å². The Labute approximate surface area is 164 Å². The summed E-state index contributed by atoms with van der Waals surface area (Å²) in [6.45, 7) is 4.00. The monoisotopic (exact) mass is 384 g/mol. The fourth-order valence-electron chi connectivity index (χ4n) is 3.19. The molecule has 1 atom stereocenters. The number of rotatable bonds is 6. The first kappa shape index (κ1) is 20.0. The summed E-state index contributed by atoms with van der Waals surface area (Å²) in [4.78, 5) is 14.2. The highest BCUT2D eigenvalue weighted by molar-refractivity contribution is 5.92. The highest BCUT2D eigenvalue weighted by Gasteiger charge is 2.19. The van der Waals surface area contributed by atoms with E-state index in [9.17, 15) is 14.3 Å². The van der Waals surface area contributed by atoms with Crippen LogP contribution in [0.4, 0.5) is 10.1 Å². The van der Waals surface area contributed by atoms with Crippen molar-refractivity contribution in [3.63, 3.8) is 0 Å². The third-order valence-electron chi connectivity index (χ3n) is 4.83. The minimum Gasteiger partial charge on any atom is -0.394 e. The van der Waals surface area contributed by atoms with Crippen molar-refractivity contribution in [2.24, 2.45) is 0 Å². The van der Waals surface area contributed by atoms with Gasteiger partial charge in [0.1, 0.15) is 5.82 Å². The van der Waals surface area contributed by atoms with Crippen LogP contribution < -0.4 is 10.2 Å². The van der Waals surface area contributed by atoms with E-state index in [1.165, 1.54) is 12.1 Å². The standard InChI is InChI=1S/C22H25FN2O3/c1-16-4-2-3-5-17(16)7-9-22(27)24-20(15-26)18-6-8-19(23)21(14-18)25-10-12-28-13-11-25/h2-9,14,20,26H,10-13,15H2,1H3,(H,24,27)/b9-7+. The lowest BCUT2D eigenvalue weighted by Gasteiger charge is -2.30. The van der Waals surface area contributed by atoms with Crippen molar-refractivity contribution >= 4 is 17.7 Å². The second-order valence-corrected chi connectivity index (χ2v) is 6.74. The van der Waals surface area contributed by atoms with Crippen molar-refractivity contribution in [1.29, 1.82) is 0 Å². The summed E-state index contributed by atoms with van der Waals surface area (Å²) in [7, 11) is 0.